The van der Waals surface area contributed by atoms with Gasteiger partial charge in [-0.05, 0) is 43.5 Å². The maximum Gasteiger partial charge on any atom is 0.316 e. The standard InChI is InChI=1S/C24H27N3O5S/c1-15-9-7-8-12-17(15)22(28)25-18-13-19-20(27(3)24(30)23(29)26(19)2)14-21(18)33(31,32)16-10-5-4-6-11-16/h7-9,12-14,16H,4-6,10-11H2,1-3H3,(H,25,28). The zero-order valence-corrected chi connectivity index (χ0v) is 19.7. The lowest BCUT2D eigenvalue weighted by Gasteiger charge is -2.24. The minimum atomic E-state index is -3.79. The van der Waals surface area contributed by atoms with Gasteiger partial charge in [0, 0.05) is 19.7 Å². The maximum absolute atomic E-state index is 13.7. The summed E-state index contributed by atoms with van der Waals surface area (Å²) in [6, 6.07) is 9.91. The summed E-state index contributed by atoms with van der Waals surface area (Å²) >= 11 is 0. The first-order valence-corrected chi connectivity index (χ1v) is 12.5. The van der Waals surface area contributed by atoms with Gasteiger partial charge in [0.1, 0.15) is 0 Å². The largest absolute Gasteiger partial charge is 0.321 e. The van der Waals surface area contributed by atoms with E-state index in [4.69, 9.17) is 0 Å². The Morgan fingerprint density at radius 3 is 2.12 bits per heavy atom. The van der Waals surface area contributed by atoms with Crippen LogP contribution >= 0.6 is 0 Å². The molecule has 1 aromatic heterocycles. The van der Waals surface area contributed by atoms with Crippen LogP contribution in [0.4, 0.5) is 5.69 Å². The van der Waals surface area contributed by atoms with Crippen LogP contribution in [0.1, 0.15) is 48.0 Å². The molecule has 0 radical (unpaired) electrons. The van der Waals surface area contributed by atoms with Gasteiger partial charge in [0.25, 0.3) is 5.91 Å². The van der Waals surface area contributed by atoms with E-state index in [-0.39, 0.29) is 10.6 Å². The Hall–Kier alpha value is -3.20. The molecule has 174 valence electrons. The van der Waals surface area contributed by atoms with Crippen molar-refractivity contribution in [3.05, 3.63) is 68.2 Å². The molecule has 0 unspecified atom stereocenters. The van der Waals surface area contributed by atoms with Gasteiger partial charge in [-0.15, -0.1) is 0 Å². The van der Waals surface area contributed by atoms with Crippen LogP contribution in [0.5, 0.6) is 0 Å². The first-order chi connectivity index (χ1) is 15.6. The third-order valence-electron chi connectivity index (χ3n) is 6.53. The summed E-state index contributed by atoms with van der Waals surface area (Å²) in [7, 11) is -0.900. The summed E-state index contributed by atoms with van der Waals surface area (Å²) < 4.78 is 29.7. The molecule has 1 amide bonds. The van der Waals surface area contributed by atoms with Crippen molar-refractivity contribution >= 4 is 32.5 Å². The van der Waals surface area contributed by atoms with Crippen LogP contribution in [0, 0.1) is 6.92 Å². The smallest absolute Gasteiger partial charge is 0.316 e. The zero-order valence-electron chi connectivity index (χ0n) is 18.9. The van der Waals surface area contributed by atoms with E-state index < -0.39 is 32.1 Å². The van der Waals surface area contributed by atoms with Gasteiger partial charge < -0.3 is 14.5 Å². The van der Waals surface area contributed by atoms with Crippen LogP contribution in [0.2, 0.25) is 0 Å². The second kappa shape index (κ2) is 8.62. The highest BCUT2D eigenvalue weighted by molar-refractivity contribution is 7.92. The number of benzene rings is 2. The van der Waals surface area contributed by atoms with Crippen LogP contribution in [-0.2, 0) is 23.9 Å². The minimum Gasteiger partial charge on any atom is -0.321 e. The van der Waals surface area contributed by atoms with E-state index in [2.05, 4.69) is 5.32 Å². The summed E-state index contributed by atoms with van der Waals surface area (Å²) in [4.78, 5) is 37.8. The van der Waals surface area contributed by atoms with Gasteiger partial charge in [-0.3, -0.25) is 14.4 Å². The van der Waals surface area contributed by atoms with E-state index >= 15 is 0 Å². The first-order valence-electron chi connectivity index (χ1n) is 11.0. The molecule has 0 spiro atoms. The molecule has 9 heteroatoms. The summed E-state index contributed by atoms with van der Waals surface area (Å²) in [5.74, 6) is -0.442. The third-order valence-corrected chi connectivity index (χ3v) is 8.83. The average Bonchev–Trinajstić information content (AvgIpc) is 2.81. The quantitative estimate of drug-likeness (QED) is 0.591. The highest BCUT2D eigenvalue weighted by Gasteiger charge is 2.32. The Labute approximate surface area is 191 Å². The molecule has 8 nitrogen and oxygen atoms in total. The average molecular weight is 470 g/mol. The Balaban J connectivity index is 1.95. The van der Waals surface area contributed by atoms with Gasteiger partial charge in [0.15, 0.2) is 9.84 Å². The van der Waals surface area contributed by atoms with Crippen LogP contribution in [0.25, 0.3) is 11.0 Å². The highest BCUT2D eigenvalue weighted by atomic mass is 32.2. The number of carbonyl (C=O) groups excluding carboxylic acids is 1. The number of hydrogen-bond acceptors (Lipinski definition) is 5. The molecule has 0 atom stereocenters. The second-order valence-corrected chi connectivity index (χ2v) is 10.8. The molecule has 1 fully saturated rings. The molecular formula is C24H27N3O5S. The first kappa shape index (κ1) is 23.0. The molecule has 4 rings (SSSR count). The molecule has 1 N–H and O–H groups in total. The molecule has 1 aliphatic rings. The molecule has 0 saturated heterocycles. The monoisotopic (exact) mass is 469 g/mol. The summed E-state index contributed by atoms with van der Waals surface area (Å²) in [6.45, 7) is 1.80. The van der Waals surface area contributed by atoms with Gasteiger partial charge in [-0.2, -0.15) is 0 Å². The Bertz CT molecular complexity index is 1480. The number of fused-ring (bicyclic) bond motifs is 1. The van der Waals surface area contributed by atoms with Crippen LogP contribution in [0.3, 0.4) is 0 Å². The second-order valence-electron chi connectivity index (χ2n) is 8.64. The van der Waals surface area contributed by atoms with Crippen molar-refractivity contribution in [1.82, 2.24) is 9.13 Å². The van der Waals surface area contributed by atoms with Crippen molar-refractivity contribution in [3.8, 4) is 0 Å². The number of carbonyl (C=O) groups is 1. The fourth-order valence-corrected chi connectivity index (χ4v) is 6.51. The molecule has 0 bridgehead atoms. The van der Waals surface area contributed by atoms with Gasteiger partial charge >= 0.3 is 11.1 Å². The third kappa shape index (κ3) is 4.01. The molecule has 1 saturated carbocycles. The van der Waals surface area contributed by atoms with Crippen molar-refractivity contribution in [2.45, 2.75) is 49.2 Å². The molecular weight excluding hydrogens is 442 g/mol. The van der Waals surface area contributed by atoms with Crippen LogP contribution < -0.4 is 16.4 Å². The van der Waals surface area contributed by atoms with Gasteiger partial charge in [0.2, 0.25) is 0 Å². The molecule has 2 aromatic carbocycles. The number of anilines is 1. The van der Waals surface area contributed by atoms with E-state index in [1.165, 1.54) is 30.8 Å². The van der Waals surface area contributed by atoms with E-state index in [1.807, 2.05) is 6.07 Å². The molecule has 1 heterocycles. The van der Waals surface area contributed by atoms with Gasteiger partial charge in [0.05, 0.1) is 26.9 Å². The lowest BCUT2D eigenvalue weighted by molar-refractivity contribution is 0.102. The molecule has 0 aliphatic heterocycles. The number of sulfone groups is 1. The Morgan fingerprint density at radius 1 is 0.939 bits per heavy atom. The van der Waals surface area contributed by atoms with Crippen molar-refractivity contribution in [2.75, 3.05) is 5.32 Å². The normalized spacial score (nSPS) is 15.0. The number of aromatic nitrogens is 2. The molecule has 1 aliphatic carbocycles. The van der Waals surface area contributed by atoms with Gasteiger partial charge in [-0.1, -0.05) is 37.5 Å². The summed E-state index contributed by atoms with van der Waals surface area (Å²) in [5, 5.41) is 2.21. The fourth-order valence-electron chi connectivity index (χ4n) is 4.51. The van der Waals surface area contributed by atoms with Crippen LogP contribution in [0.15, 0.2) is 50.9 Å². The summed E-state index contributed by atoms with van der Waals surface area (Å²) in [6.07, 6.45) is 3.76. The Morgan fingerprint density at radius 2 is 1.52 bits per heavy atom. The lowest BCUT2D eigenvalue weighted by Crippen LogP contribution is -2.39. The zero-order chi connectivity index (χ0) is 23.9. The number of nitrogens with zero attached hydrogens (tertiary/aromatic N) is 2. The Kier molecular flexibility index (Phi) is 6.00. The number of nitrogens with one attached hydrogen (secondary N) is 1. The SMILES string of the molecule is Cc1ccccc1C(=O)Nc1cc2c(cc1S(=O)(=O)C1CCCCC1)n(C)c(=O)c(=O)n2C. The van der Waals surface area contributed by atoms with E-state index in [1.54, 1.807) is 25.1 Å². The predicted octanol–water partition coefficient (Wildman–Crippen LogP) is 2.90. The van der Waals surface area contributed by atoms with E-state index in [0.29, 0.717) is 29.4 Å². The summed E-state index contributed by atoms with van der Waals surface area (Å²) in [5.41, 5.74) is 0.465. The van der Waals surface area contributed by atoms with Crippen molar-refractivity contribution < 1.29 is 13.2 Å². The predicted molar refractivity (Wildman–Crippen MR) is 128 cm³/mol. The number of rotatable bonds is 4. The fraction of sp³-hybridized carbons (Fsp3) is 0.375. The number of hydrogen-bond donors (Lipinski definition) is 1. The van der Waals surface area contributed by atoms with Gasteiger partial charge in [-0.25, -0.2) is 8.42 Å². The molecule has 3 aromatic rings. The maximum atomic E-state index is 13.7. The topological polar surface area (TPSA) is 107 Å². The minimum absolute atomic E-state index is 0.0301. The number of aryl methyl sites for hydroxylation is 3. The van der Waals surface area contributed by atoms with Crippen molar-refractivity contribution in [1.29, 1.82) is 0 Å². The lowest BCUT2D eigenvalue weighted by atomic mass is 10.0. The highest BCUT2D eigenvalue weighted by Crippen LogP contribution is 2.34. The van der Waals surface area contributed by atoms with Crippen molar-refractivity contribution in [3.63, 3.8) is 0 Å². The van der Waals surface area contributed by atoms with Crippen LogP contribution in [-0.4, -0.2) is 28.7 Å². The van der Waals surface area contributed by atoms with Crippen molar-refractivity contribution in [2.24, 2.45) is 14.1 Å². The van der Waals surface area contributed by atoms with E-state index in [0.717, 1.165) is 29.4 Å². The molecule has 33 heavy (non-hydrogen) atoms. The number of amides is 1. The van der Waals surface area contributed by atoms with E-state index in [9.17, 15) is 22.8 Å².